The maximum absolute atomic E-state index is 12.0. The number of nitriles is 1. The Labute approximate surface area is 201 Å². The number of phenolic OH excluding ortho intramolecular Hbond substituents is 1. The monoisotopic (exact) mass is 474 g/mol. The van der Waals surface area contributed by atoms with E-state index in [4.69, 9.17) is 11.6 Å². The molecule has 0 bridgehead atoms. The molecule has 3 N–H and O–H groups in total. The lowest BCUT2D eigenvalue weighted by atomic mass is 10.1. The third kappa shape index (κ3) is 4.65. The zero-order valence-corrected chi connectivity index (χ0v) is 19.5. The molecule has 0 aliphatic heterocycles. The first-order valence-electron chi connectivity index (χ1n) is 10.8. The molecule has 9 heteroatoms. The number of phenols is 1. The lowest BCUT2D eigenvalue weighted by molar-refractivity contribution is -0.116. The molecule has 2 aromatic carbocycles. The number of anilines is 2. The van der Waals surface area contributed by atoms with E-state index in [9.17, 15) is 15.2 Å². The van der Waals surface area contributed by atoms with E-state index >= 15 is 0 Å². The van der Waals surface area contributed by atoms with Crippen molar-refractivity contribution in [3.63, 3.8) is 0 Å². The van der Waals surface area contributed by atoms with Crippen LogP contribution in [0.2, 0.25) is 5.02 Å². The molecule has 0 aliphatic carbocycles. The quantitative estimate of drug-likeness (QED) is 0.312. The van der Waals surface area contributed by atoms with Gasteiger partial charge in [0.2, 0.25) is 5.91 Å². The van der Waals surface area contributed by atoms with Crippen LogP contribution in [0.1, 0.15) is 36.6 Å². The second kappa shape index (κ2) is 9.81. The van der Waals surface area contributed by atoms with Crippen LogP contribution in [0.3, 0.4) is 0 Å². The van der Waals surface area contributed by atoms with Crippen molar-refractivity contribution in [1.82, 2.24) is 14.8 Å². The Morgan fingerprint density at radius 3 is 2.79 bits per heavy atom. The van der Waals surface area contributed by atoms with Crippen LogP contribution in [0.5, 0.6) is 5.75 Å². The molecule has 2 aromatic heterocycles. The number of fused-ring (bicyclic) bond motifs is 1. The van der Waals surface area contributed by atoms with E-state index in [0.29, 0.717) is 41.3 Å². The number of aromatic nitrogens is 3. The molecular weight excluding hydrogens is 452 g/mol. The Bertz CT molecular complexity index is 1420. The summed E-state index contributed by atoms with van der Waals surface area (Å²) in [5.41, 5.74) is 2.72. The Morgan fingerprint density at radius 2 is 2.03 bits per heavy atom. The SMILES string of the molecule is CCCC(=O)Nc1cc(CNc2c(C#N)c(C)nn2-c2ccc3ccccc3n2)cc(Cl)c1O. The van der Waals surface area contributed by atoms with E-state index in [1.165, 1.54) is 0 Å². The molecule has 0 saturated carbocycles. The van der Waals surface area contributed by atoms with Gasteiger partial charge >= 0.3 is 0 Å². The fourth-order valence-electron chi connectivity index (χ4n) is 3.64. The zero-order valence-electron chi connectivity index (χ0n) is 18.8. The minimum absolute atomic E-state index is 0.118. The summed E-state index contributed by atoms with van der Waals surface area (Å²) in [4.78, 5) is 16.7. The predicted molar refractivity (Wildman–Crippen MR) is 132 cm³/mol. The summed E-state index contributed by atoms with van der Waals surface area (Å²) in [6, 6.07) is 17.0. The normalized spacial score (nSPS) is 10.8. The van der Waals surface area contributed by atoms with Gasteiger partial charge in [-0.1, -0.05) is 36.7 Å². The van der Waals surface area contributed by atoms with E-state index in [1.807, 2.05) is 43.3 Å². The Kier molecular flexibility index (Phi) is 6.66. The molecule has 0 spiro atoms. The highest BCUT2D eigenvalue weighted by molar-refractivity contribution is 6.32. The van der Waals surface area contributed by atoms with Gasteiger partial charge in [-0.2, -0.15) is 15.0 Å². The molecule has 8 nitrogen and oxygen atoms in total. The molecule has 0 radical (unpaired) electrons. The minimum Gasteiger partial charge on any atom is -0.504 e. The number of para-hydroxylation sites is 1. The summed E-state index contributed by atoms with van der Waals surface area (Å²) in [5, 5.41) is 31.6. The van der Waals surface area contributed by atoms with Crippen LogP contribution in [0.25, 0.3) is 16.7 Å². The third-order valence-corrected chi connectivity index (χ3v) is 5.60. The molecule has 0 unspecified atom stereocenters. The topological polar surface area (TPSA) is 116 Å². The number of hydrogen-bond acceptors (Lipinski definition) is 6. The van der Waals surface area contributed by atoms with Crippen LogP contribution >= 0.6 is 11.6 Å². The Balaban J connectivity index is 1.66. The van der Waals surface area contributed by atoms with E-state index in [1.54, 1.807) is 23.7 Å². The number of nitrogens with one attached hydrogen (secondary N) is 2. The van der Waals surface area contributed by atoms with Gasteiger partial charge in [0.05, 0.1) is 21.9 Å². The molecule has 2 heterocycles. The molecule has 4 aromatic rings. The van der Waals surface area contributed by atoms with Crippen molar-refractivity contribution in [3.8, 4) is 17.6 Å². The Hall–Kier alpha value is -4.09. The smallest absolute Gasteiger partial charge is 0.224 e. The summed E-state index contributed by atoms with van der Waals surface area (Å²) in [5.74, 6) is 0.668. The molecule has 0 aliphatic rings. The number of pyridine rings is 1. The number of aromatic hydroxyl groups is 1. The molecule has 172 valence electrons. The van der Waals surface area contributed by atoms with E-state index in [-0.39, 0.29) is 28.9 Å². The van der Waals surface area contributed by atoms with E-state index in [2.05, 4.69) is 26.8 Å². The maximum Gasteiger partial charge on any atom is 0.224 e. The number of carbonyl (C=O) groups excluding carboxylic acids is 1. The fraction of sp³-hybridized carbons (Fsp3) is 0.200. The summed E-state index contributed by atoms with van der Waals surface area (Å²) >= 11 is 6.20. The number of hydrogen-bond donors (Lipinski definition) is 3. The van der Waals surface area contributed by atoms with Gasteiger partial charge in [0.25, 0.3) is 0 Å². The Morgan fingerprint density at radius 1 is 1.24 bits per heavy atom. The molecular formula is C25H23ClN6O2. The average molecular weight is 475 g/mol. The standard InChI is InChI=1S/C25H23ClN6O2/c1-3-6-23(33)30-21-12-16(11-19(26)24(21)34)14-28-25-18(13-27)15(2)31-32(25)22-10-9-17-7-4-5-8-20(17)29-22/h4-5,7-12,28,34H,3,6,14H2,1-2H3,(H,30,33). The van der Waals surface area contributed by atoms with Crippen molar-refractivity contribution in [3.05, 3.63) is 70.4 Å². The van der Waals surface area contributed by atoms with Crippen LogP contribution in [-0.2, 0) is 11.3 Å². The number of nitrogens with zero attached hydrogens (tertiary/aromatic N) is 4. The highest BCUT2D eigenvalue weighted by atomic mass is 35.5. The average Bonchev–Trinajstić information content (AvgIpc) is 3.15. The van der Waals surface area contributed by atoms with Crippen LogP contribution < -0.4 is 10.6 Å². The van der Waals surface area contributed by atoms with Crippen LogP contribution in [0.15, 0.2) is 48.5 Å². The van der Waals surface area contributed by atoms with E-state index in [0.717, 1.165) is 10.9 Å². The zero-order chi connectivity index (χ0) is 24.2. The van der Waals surface area contributed by atoms with Crippen molar-refractivity contribution in [2.24, 2.45) is 0 Å². The number of benzene rings is 2. The van der Waals surface area contributed by atoms with Crippen LogP contribution in [0.4, 0.5) is 11.5 Å². The van der Waals surface area contributed by atoms with Crippen LogP contribution in [0, 0.1) is 18.3 Å². The molecule has 0 atom stereocenters. The fourth-order valence-corrected chi connectivity index (χ4v) is 3.88. The largest absolute Gasteiger partial charge is 0.504 e. The van der Waals surface area contributed by atoms with Crippen molar-refractivity contribution in [1.29, 1.82) is 5.26 Å². The van der Waals surface area contributed by atoms with Crippen molar-refractivity contribution in [2.75, 3.05) is 10.6 Å². The van der Waals surface area contributed by atoms with Gasteiger partial charge in [-0.25, -0.2) is 4.98 Å². The third-order valence-electron chi connectivity index (χ3n) is 5.31. The second-order valence-corrected chi connectivity index (χ2v) is 8.23. The number of aryl methyl sites for hydroxylation is 1. The van der Waals surface area contributed by atoms with Gasteiger partial charge in [0.15, 0.2) is 11.6 Å². The summed E-state index contributed by atoms with van der Waals surface area (Å²) in [7, 11) is 0. The summed E-state index contributed by atoms with van der Waals surface area (Å²) in [6.45, 7) is 3.93. The van der Waals surface area contributed by atoms with Gasteiger partial charge in [-0.15, -0.1) is 0 Å². The number of halogens is 1. The lowest BCUT2D eigenvalue weighted by Crippen LogP contribution is -2.12. The number of rotatable bonds is 7. The first-order chi connectivity index (χ1) is 16.4. The number of carbonyl (C=O) groups is 1. The van der Waals surface area contributed by atoms with E-state index < -0.39 is 0 Å². The van der Waals surface area contributed by atoms with Crippen molar-refractivity contribution >= 4 is 39.9 Å². The van der Waals surface area contributed by atoms with Crippen LogP contribution in [-0.4, -0.2) is 25.8 Å². The highest BCUT2D eigenvalue weighted by Crippen LogP contribution is 2.34. The van der Waals surface area contributed by atoms with Gasteiger partial charge in [-0.05, 0) is 49.2 Å². The molecule has 0 fully saturated rings. The highest BCUT2D eigenvalue weighted by Gasteiger charge is 2.18. The van der Waals surface area contributed by atoms with Crippen molar-refractivity contribution in [2.45, 2.75) is 33.2 Å². The van der Waals surface area contributed by atoms with Gasteiger partial charge in [-0.3, -0.25) is 4.79 Å². The molecule has 0 saturated heterocycles. The molecule has 4 rings (SSSR count). The summed E-state index contributed by atoms with van der Waals surface area (Å²) in [6.07, 6.45) is 1.02. The summed E-state index contributed by atoms with van der Waals surface area (Å²) < 4.78 is 1.60. The predicted octanol–water partition coefficient (Wildman–Crippen LogP) is 5.31. The first kappa shape index (κ1) is 23.1. The van der Waals surface area contributed by atoms with Gasteiger partial charge in [0, 0.05) is 18.4 Å². The van der Waals surface area contributed by atoms with Crippen molar-refractivity contribution < 1.29 is 9.90 Å². The number of amides is 1. The minimum atomic E-state index is -0.207. The van der Waals surface area contributed by atoms with Gasteiger partial charge in [0.1, 0.15) is 17.5 Å². The maximum atomic E-state index is 12.0. The second-order valence-electron chi connectivity index (χ2n) is 7.82. The first-order valence-corrected chi connectivity index (χ1v) is 11.2. The lowest BCUT2D eigenvalue weighted by Gasteiger charge is -2.13. The van der Waals surface area contributed by atoms with Gasteiger partial charge < -0.3 is 15.7 Å². The molecule has 1 amide bonds. The molecule has 34 heavy (non-hydrogen) atoms.